The molecule has 0 bridgehead atoms. The number of hydrogen-bond donors (Lipinski definition) is 5. The second-order valence-corrected chi connectivity index (χ2v) is 13.1. The van der Waals surface area contributed by atoms with Crippen LogP contribution in [0.1, 0.15) is 71.0 Å². The number of nitrogens with zero attached hydrogens (tertiary/aromatic N) is 6. The molecule has 2 aliphatic rings. The van der Waals surface area contributed by atoms with Crippen LogP contribution in [0, 0.1) is 17.2 Å². The number of aryl methyl sites for hydroxylation is 1. The van der Waals surface area contributed by atoms with Crippen LogP contribution in [-0.4, -0.2) is 69.6 Å². The summed E-state index contributed by atoms with van der Waals surface area (Å²) in [5.41, 5.74) is 8.81. The SMILES string of the molecule is CC(C)(C[C@H]1O[C@@H](n2cnc3c(N)ncnc32)[C@H](O)[C@@H]1O)N[C@H]1C[C@H](CCc2nc3cc(C(C)(C)C#N)ccc3[nH]2)C1. The van der Waals surface area contributed by atoms with Crippen molar-refractivity contribution in [1.82, 2.24) is 34.8 Å². The third-order valence-corrected chi connectivity index (χ3v) is 8.86. The van der Waals surface area contributed by atoms with Crippen molar-refractivity contribution in [2.24, 2.45) is 5.92 Å². The van der Waals surface area contributed by atoms with Gasteiger partial charge >= 0.3 is 0 Å². The van der Waals surface area contributed by atoms with Crippen LogP contribution >= 0.6 is 0 Å². The van der Waals surface area contributed by atoms with Crippen LogP contribution in [-0.2, 0) is 16.6 Å². The molecular weight excluding hydrogens is 534 g/mol. The van der Waals surface area contributed by atoms with Gasteiger partial charge in [0.15, 0.2) is 17.7 Å². The van der Waals surface area contributed by atoms with E-state index in [4.69, 9.17) is 15.5 Å². The van der Waals surface area contributed by atoms with Crippen LogP contribution in [0.4, 0.5) is 5.82 Å². The van der Waals surface area contributed by atoms with Gasteiger partial charge in [-0.15, -0.1) is 0 Å². The molecule has 0 unspecified atom stereocenters. The molecule has 1 saturated heterocycles. The van der Waals surface area contributed by atoms with Gasteiger partial charge in [-0.05, 0) is 77.0 Å². The van der Waals surface area contributed by atoms with E-state index in [0.29, 0.717) is 29.5 Å². The largest absolute Gasteiger partial charge is 0.388 e. The van der Waals surface area contributed by atoms with E-state index >= 15 is 0 Å². The number of rotatable bonds is 9. The zero-order chi connectivity index (χ0) is 29.8. The highest BCUT2D eigenvalue weighted by atomic mass is 16.6. The number of nitriles is 1. The molecule has 1 aromatic carbocycles. The van der Waals surface area contributed by atoms with Gasteiger partial charge in [-0.3, -0.25) is 4.57 Å². The maximum atomic E-state index is 10.8. The molecule has 42 heavy (non-hydrogen) atoms. The van der Waals surface area contributed by atoms with Gasteiger partial charge in [0, 0.05) is 18.0 Å². The van der Waals surface area contributed by atoms with E-state index in [1.165, 1.54) is 12.7 Å². The molecule has 0 spiro atoms. The fraction of sp³-hybridized carbons (Fsp3) is 0.567. The lowest BCUT2D eigenvalue weighted by molar-refractivity contribution is -0.0447. The number of H-pyrrole nitrogens is 1. The summed E-state index contributed by atoms with van der Waals surface area (Å²) in [6.07, 6.45) is 3.90. The Kier molecular flexibility index (Phi) is 7.17. The standard InChI is InChI=1S/C30H39N9O3/c1-29(2,13-31)17-6-7-19-20(11-17)37-22(36-19)8-5-16-9-18(10-16)38-30(3,4)12-21-24(40)25(41)28(42-21)39-15-35-23-26(32)33-14-34-27(23)39/h6-7,11,14-16,18,21,24-25,28,38,40-41H,5,8-10,12H2,1-4H3,(H,36,37)(H2,32,33,34)/t16-,18-,21-,24-,25-,28-/m1/s1. The van der Waals surface area contributed by atoms with Crippen molar-refractivity contribution in [2.45, 2.75) is 101 Å². The molecule has 1 aliphatic heterocycles. The molecule has 1 saturated carbocycles. The number of nitrogens with one attached hydrogen (secondary N) is 2. The van der Waals surface area contributed by atoms with E-state index in [0.717, 1.165) is 48.1 Å². The summed E-state index contributed by atoms with van der Waals surface area (Å²) < 4.78 is 7.77. The molecule has 6 N–H and O–H groups in total. The average Bonchev–Trinajstić information content (AvgIpc) is 3.61. The normalized spacial score (nSPS) is 26.5. The number of aliphatic hydroxyl groups is 2. The van der Waals surface area contributed by atoms with Crippen molar-refractivity contribution in [3.05, 3.63) is 42.2 Å². The second-order valence-electron chi connectivity index (χ2n) is 13.1. The van der Waals surface area contributed by atoms with E-state index in [1.54, 1.807) is 4.57 Å². The molecule has 4 aromatic rings. The molecule has 0 amide bonds. The lowest BCUT2D eigenvalue weighted by Gasteiger charge is -2.42. The molecule has 0 radical (unpaired) electrons. The number of hydrogen-bond acceptors (Lipinski definition) is 10. The number of fused-ring (bicyclic) bond motifs is 2. The van der Waals surface area contributed by atoms with Crippen LogP contribution in [0.25, 0.3) is 22.2 Å². The monoisotopic (exact) mass is 573 g/mol. The highest BCUT2D eigenvalue weighted by Gasteiger charge is 2.46. The van der Waals surface area contributed by atoms with Gasteiger partial charge in [-0.2, -0.15) is 5.26 Å². The first kappa shape index (κ1) is 28.5. The minimum absolute atomic E-state index is 0.250. The van der Waals surface area contributed by atoms with Crippen LogP contribution in [0.2, 0.25) is 0 Å². The molecule has 12 heteroatoms. The zero-order valence-corrected chi connectivity index (χ0v) is 24.4. The van der Waals surface area contributed by atoms with Gasteiger partial charge in [0.25, 0.3) is 0 Å². The molecule has 4 atom stereocenters. The van der Waals surface area contributed by atoms with Gasteiger partial charge in [-0.25, -0.2) is 19.9 Å². The third kappa shape index (κ3) is 5.33. The van der Waals surface area contributed by atoms with Gasteiger partial charge in [-0.1, -0.05) is 6.07 Å². The number of nitrogens with two attached hydrogens (primary N) is 1. The van der Waals surface area contributed by atoms with Gasteiger partial charge in [0.1, 0.15) is 29.9 Å². The van der Waals surface area contributed by atoms with E-state index in [9.17, 15) is 15.5 Å². The van der Waals surface area contributed by atoms with Crippen LogP contribution < -0.4 is 11.1 Å². The van der Waals surface area contributed by atoms with Crippen molar-refractivity contribution < 1.29 is 14.9 Å². The van der Waals surface area contributed by atoms with Crippen LogP contribution in [0.3, 0.4) is 0 Å². The predicted molar refractivity (Wildman–Crippen MR) is 157 cm³/mol. The minimum atomic E-state index is -1.13. The topological polar surface area (TPSA) is 184 Å². The second kappa shape index (κ2) is 10.6. The van der Waals surface area contributed by atoms with E-state index in [1.807, 2.05) is 32.0 Å². The molecule has 1 aliphatic carbocycles. The van der Waals surface area contributed by atoms with Crippen molar-refractivity contribution in [1.29, 1.82) is 5.26 Å². The summed E-state index contributed by atoms with van der Waals surface area (Å²) in [4.78, 5) is 20.7. The fourth-order valence-corrected chi connectivity index (χ4v) is 6.36. The Bertz CT molecular complexity index is 1630. The first-order chi connectivity index (χ1) is 19.9. The number of anilines is 1. The average molecular weight is 574 g/mol. The fourth-order valence-electron chi connectivity index (χ4n) is 6.36. The Morgan fingerprint density at radius 2 is 1.95 bits per heavy atom. The van der Waals surface area contributed by atoms with Crippen molar-refractivity contribution >= 4 is 28.0 Å². The smallest absolute Gasteiger partial charge is 0.167 e. The van der Waals surface area contributed by atoms with Crippen LogP contribution in [0.15, 0.2) is 30.9 Å². The number of aromatic amines is 1. The molecule has 12 nitrogen and oxygen atoms in total. The van der Waals surface area contributed by atoms with E-state index < -0.39 is 30.0 Å². The number of ether oxygens (including phenoxy) is 1. The number of benzene rings is 1. The summed E-state index contributed by atoms with van der Waals surface area (Å²) in [7, 11) is 0. The number of imidazole rings is 2. The van der Waals surface area contributed by atoms with Crippen LogP contribution in [0.5, 0.6) is 0 Å². The quantitative estimate of drug-likeness (QED) is 0.199. The van der Waals surface area contributed by atoms with Gasteiger partial charge < -0.3 is 31.0 Å². The summed E-state index contributed by atoms with van der Waals surface area (Å²) in [5.74, 6) is 1.84. The van der Waals surface area contributed by atoms with Crippen molar-refractivity contribution in [3.8, 4) is 6.07 Å². The predicted octanol–water partition coefficient (Wildman–Crippen LogP) is 2.87. The summed E-state index contributed by atoms with van der Waals surface area (Å²) >= 11 is 0. The summed E-state index contributed by atoms with van der Waals surface area (Å²) in [6.45, 7) is 8.05. The number of aromatic nitrogens is 6. The number of nitrogen functional groups attached to an aromatic ring is 1. The highest BCUT2D eigenvalue weighted by Crippen LogP contribution is 2.37. The molecule has 222 valence electrons. The molecular formula is C30H39N9O3. The Hall–Kier alpha value is -3.63. The lowest BCUT2D eigenvalue weighted by atomic mass is 9.76. The maximum absolute atomic E-state index is 10.8. The summed E-state index contributed by atoms with van der Waals surface area (Å²) in [5, 5.41) is 34.9. The van der Waals surface area contributed by atoms with Gasteiger partial charge in [0.2, 0.25) is 0 Å². The van der Waals surface area contributed by atoms with E-state index in [-0.39, 0.29) is 11.4 Å². The Morgan fingerprint density at radius 1 is 1.17 bits per heavy atom. The van der Waals surface area contributed by atoms with Gasteiger partial charge in [0.05, 0.1) is 34.9 Å². The molecule has 2 fully saturated rings. The Morgan fingerprint density at radius 3 is 2.71 bits per heavy atom. The molecule has 6 rings (SSSR count). The third-order valence-electron chi connectivity index (χ3n) is 8.86. The van der Waals surface area contributed by atoms with Crippen molar-refractivity contribution in [2.75, 3.05) is 5.73 Å². The molecule has 4 heterocycles. The van der Waals surface area contributed by atoms with E-state index in [2.05, 4.69) is 45.2 Å². The maximum Gasteiger partial charge on any atom is 0.167 e. The number of aliphatic hydroxyl groups excluding tert-OH is 2. The minimum Gasteiger partial charge on any atom is -0.388 e. The first-order valence-electron chi connectivity index (χ1n) is 14.6. The summed E-state index contributed by atoms with van der Waals surface area (Å²) in [6, 6.07) is 8.76. The molecule has 3 aromatic heterocycles. The Labute approximate surface area is 244 Å². The Balaban J connectivity index is 1.00. The highest BCUT2D eigenvalue weighted by molar-refractivity contribution is 5.81. The first-order valence-corrected chi connectivity index (χ1v) is 14.6. The zero-order valence-electron chi connectivity index (χ0n) is 24.4. The lowest BCUT2D eigenvalue weighted by Crippen LogP contribution is -2.53. The van der Waals surface area contributed by atoms with Crippen molar-refractivity contribution in [3.63, 3.8) is 0 Å².